The molecule has 0 spiro atoms. The number of aliphatic hydroxyl groups excluding tert-OH is 1. The van der Waals surface area contributed by atoms with Crippen molar-refractivity contribution in [3.63, 3.8) is 0 Å². The van der Waals surface area contributed by atoms with Crippen LogP contribution in [0.1, 0.15) is 17.0 Å². The smallest absolute Gasteiger partial charge is 0.376 e. The van der Waals surface area contributed by atoms with E-state index >= 15 is 0 Å². The van der Waals surface area contributed by atoms with Crippen molar-refractivity contribution in [1.29, 1.82) is 0 Å². The molecule has 8 heteroatoms. The lowest BCUT2D eigenvalue weighted by molar-refractivity contribution is -0.137. The van der Waals surface area contributed by atoms with Crippen LogP contribution in [-0.2, 0) is 19.8 Å². The molecule has 0 aliphatic carbocycles. The molecule has 0 saturated heterocycles. The van der Waals surface area contributed by atoms with E-state index in [1.165, 1.54) is 0 Å². The molecule has 0 aliphatic heterocycles. The third-order valence-corrected chi connectivity index (χ3v) is 4.26. The summed E-state index contributed by atoms with van der Waals surface area (Å²) in [7, 11) is -1.61. The molecule has 1 atom stereocenters. The fourth-order valence-electron chi connectivity index (χ4n) is 1.30. The van der Waals surface area contributed by atoms with Gasteiger partial charge in [-0.15, -0.1) is 0 Å². The zero-order valence-electron chi connectivity index (χ0n) is 9.64. The van der Waals surface area contributed by atoms with Crippen LogP contribution in [-0.4, -0.2) is 19.3 Å². The van der Waals surface area contributed by atoms with Gasteiger partial charge in [0, 0.05) is 14.2 Å². The average Bonchev–Trinajstić information content (AvgIpc) is 2.36. The van der Waals surface area contributed by atoms with E-state index in [0.717, 1.165) is 38.5 Å². The number of rotatable bonds is 4. The standard InChI is InChI=1S/C10H12F3O4P/c1-16-18(15,17-2)9(14)7-3-5-8(6-4-7)10(11,12)13/h3-6,9,14H,1-2H3. The van der Waals surface area contributed by atoms with Crippen molar-refractivity contribution in [2.75, 3.05) is 14.2 Å². The molecule has 0 amide bonds. The minimum Gasteiger partial charge on any atom is -0.376 e. The second-order valence-corrected chi connectivity index (χ2v) is 5.70. The van der Waals surface area contributed by atoms with Gasteiger partial charge in [0.25, 0.3) is 0 Å². The van der Waals surface area contributed by atoms with Gasteiger partial charge in [-0.3, -0.25) is 4.57 Å². The number of halogens is 3. The Morgan fingerprint density at radius 3 is 1.94 bits per heavy atom. The van der Waals surface area contributed by atoms with E-state index in [1.807, 2.05) is 0 Å². The van der Waals surface area contributed by atoms with E-state index in [9.17, 15) is 22.8 Å². The van der Waals surface area contributed by atoms with E-state index in [1.54, 1.807) is 0 Å². The molecule has 0 radical (unpaired) electrons. The van der Waals surface area contributed by atoms with Crippen molar-refractivity contribution in [3.05, 3.63) is 35.4 Å². The maximum Gasteiger partial charge on any atom is 0.416 e. The van der Waals surface area contributed by atoms with Gasteiger partial charge in [-0.2, -0.15) is 13.2 Å². The first-order valence-corrected chi connectivity index (χ1v) is 6.42. The minimum atomic E-state index is -4.46. The highest BCUT2D eigenvalue weighted by Gasteiger charge is 2.35. The van der Waals surface area contributed by atoms with Crippen LogP contribution >= 0.6 is 7.60 Å². The van der Waals surface area contributed by atoms with Crippen molar-refractivity contribution in [2.24, 2.45) is 0 Å². The molecule has 0 saturated carbocycles. The summed E-state index contributed by atoms with van der Waals surface area (Å²) >= 11 is 0. The van der Waals surface area contributed by atoms with E-state index in [0.29, 0.717) is 0 Å². The highest BCUT2D eigenvalue weighted by atomic mass is 31.2. The number of alkyl halides is 3. The largest absolute Gasteiger partial charge is 0.416 e. The fourth-order valence-corrected chi connectivity index (χ4v) is 2.39. The molecule has 1 unspecified atom stereocenters. The Morgan fingerprint density at radius 1 is 1.17 bits per heavy atom. The normalized spacial score (nSPS) is 14.6. The molecule has 0 aliphatic rings. The zero-order chi connectivity index (χ0) is 14.0. The number of hydrogen-bond donors (Lipinski definition) is 1. The van der Waals surface area contributed by atoms with Crippen molar-refractivity contribution >= 4 is 7.60 Å². The molecule has 18 heavy (non-hydrogen) atoms. The molecule has 1 aromatic carbocycles. The monoisotopic (exact) mass is 284 g/mol. The quantitative estimate of drug-likeness (QED) is 0.863. The molecule has 0 fully saturated rings. The summed E-state index contributed by atoms with van der Waals surface area (Å²) < 4.78 is 57.9. The van der Waals surface area contributed by atoms with E-state index in [-0.39, 0.29) is 5.56 Å². The predicted octanol–water partition coefficient (Wildman–Crippen LogP) is 3.18. The van der Waals surface area contributed by atoms with Crippen molar-refractivity contribution in [1.82, 2.24) is 0 Å². The Balaban J connectivity index is 3.03. The zero-order valence-corrected chi connectivity index (χ0v) is 10.5. The molecule has 1 aromatic rings. The Labute approximate surface area is 102 Å². The number of benzene rings is 1. The third-order valence-electron chi connectivity index (χ3n) is 2.34. The summed E-state index contributed by atoms with van der Waals surface area (Å²) in [6.07, 6.45) is -4.46. The highest BCUT2D eigenvalue weighted by Crippen LogP contribution is 2.58. The van der Waals surface area contributed by atoms with Gasteiger partial charge in [-0.25, -0.2) is 0 Å². The predicted molar refractivity (Wildman–Crippen MR) is 58.0 cm³/mol. The SMILES string of the molecule is COP(=O)(OC)C(O)c1ccc(C(F)(F)F)cc1. The van der Waals surface area contributed by atoms with E-state index in [4.69, 9.17) is 0 Å². The molecule has 1 rings (SSSR count). The number of hydrogen-bond acceptors (Lipinski definition) is 4. The molecular weight excluding hydrogens is 272 g/mol. The summed E-state index contributed by atoms with van der Waals surface area (Å²) in [4.78, 5) is 0. The Kier molecular flexibility index (Phi) is 4.55. The van der Waals surface area contributed by atoms with E-state index in [2.05, 4.69) is 9.05 Å². The van der Waals surface area contributed by atoms with Crippen LogP contribution in [0.2, 0.25) is 0 Å². The maximum absolute atomic E-state index is 12.3. The summed E-state index contributed by atoms with van der Waals surface area (Å²) in [5.41, 5.74) is -0.835. The van der Waals surface area contributed by atoms with Crippen LogP contribution in [0.4, 0.5) is 13.2 Å². The molecule has 102 valence electrons. The van der Waals surface area contributed by atoms with Crippen molar-refractivity contribution < 1.29 is 31.9 Å². The maximum atomic E-state index is 12.3. The second kappa shape index (κ2) is 5.40. The van der Waals surface area contributed by atoms with Gasteiger partial charge in [0.2, 0.25) is 0 Å². The fraction of sp³-hybridized carbons (Fsp3) is 0.400. The third kappa shape index (κ3) is 3.11. The molecular formula is C10H12F3O4P. The van der Waals surface area contributed by atoms with Crippen LogP contribution in [0.3, 0.4) is 0 Å². The lowest BCUT2D eigenvalue weighted by Gasteiger charge is -2.20. The lowest BCUT2D eigenvalue weighted by atomic mass is 10.1. The van der Waals surface area contributed by atoms with E-state index < -0.39 is 25.2 Å². The molecule has 1 N–H and O–H groups in total. The Bertz CT molecular complexity index is 435. The molecule has 0 bridgehead atoms. The van der Waals surface area contributed by atoms with Gasteiger partial charge >= 0.3 is 13.8 Å². The van der Waals surface area contributed by atoms with Crippen LogP contribution in [0.25, 0.3) is 0 Å². The van der Waals surface area contributed by atoms with Gasteiger partial charge in [0.1, 0.15) is 0 Å². The lowest BCUT2D eigenvalue weighted by Crippen LogP contribution is -2.06. The van der Waals surface area contributed by atoms with Gasteiger partial charge in [0.05, 0.1) is 5.56 Å². The summed E-state index contributed by atoms with van der Waals surface area (Å²) in [5.74, 6) is -1.63. The van der Waals surface area contributed by atoms with Crippen LogP contribution in [0, 0.1) is 0 Å². The van der Waals surface area contributed by atoms with Gasteiger partial charge < -0.3 is 14.2 Å². The molecule has 0 heterocycles. The minimum absolute atomic E-state index is 0.0232. The van der Waals surface area contributed by atoms with Crippen LogP contribution in [0.5, 0.6) is 0 Å². The average molecular weight is 284 g/mol. The molecule has 4 nitrogen and oxygen atoms in total. The summed E-state index contributed by atoms with van der Waals surface area (Å²) in [6.45, 7) is 0. The Hall–Kier alpha value is -0.880. The molecule has 0 aromatic heterocycles. The van der Waals surface area contributed by atoms with Crippen LogP contribution in [0.15, 0.2) is 24.3 Å². The first kappa shape index (κ1) is 15.2. The van der Waals surface area contributed by atoms with Crippen molar-refractivity contribution in [3.8, 4) is 0 Å². The summed E-state index contributed by atoms with van der Waals surface area (Å²) in [6, 6.07) is 3.62. The van der Waals surface area contributed by atoms with Gasteiger partial charge in [-0.05, 0) is 17.7 Å². The van der Waals surface area contributed by atoms with Crippen LogP contribution < -0.4 is 0 Å². The number of aliphatic hydroxyl groups is 1. The topological polar surface area (TPSA) is 55.8 Å². The van der Waals surface area contributed by atoms with Gasteiger partial charge in [0.15, 0.2) is 5.85 Å². The van der Waals surface area contributed by atoms with Gasteiger partial charge in [-0.1, -0.05) is 12.1 Å². The Morgan fingerprint density at radius 2 is 1.61 bits per heavy atom. The highest BCUT2D eigenvalue weighted by molar-refractivity contribution is 7.53. The first-order chi connectivity index (χ1) is 8.24. The second-order valence-electron chi connectivity index (χ2n) is 3.40. The first-order valence-electron chi connectivity index (χ1n) is 4.81. The summed E-state index contributed by atoms with van der Waals surface area (Å²) in [5, 5.41) is 9.74. The van der Waals surface area contributed by atoms with Crippen molar-refractivity contribution in [2.45, 2.75) is 12.0 Å².